The van der Waals surface area contributed by atoms with Crippen molar-refractivity contribution in [2.24, 2.45) is 0 Å². The first-order valence-corrected chi connectivity index (χ1v) is 7.81. The van der Waals surface area contributed by atoms with Crippen molar-refractivity contribution in [2.75, 3.05) is 19.0 Å². The van der Waals surface area contributed by atoms with Crippen molar-refractivity contribution >= 4 is 29.0 Å². The molecule has 3 aromatic rings. The van der Waals surface area contributed by atoms with Crippen molar-refractivity contribution in [3.63, 3.8) is 0 Å². The molecule has 0 unspecified atom stereocenters. The zero-order valence-corrected chi connectivity index (χ0v) is 14.1. The summed E-state index contributed by atoms with van der Waals surface area (Å²) in [5.41, 5.74) is 0.777. The Balaban J connectivity index is 2.18. The van der Waals surface area contributed by atoms with Gasteiger partial charge in [0.05, 0.1) is 12.6 Å². The molecule has 9 heteroatoms. The standard InChI is InChI=1S/C17H16FN5O3/c1-3-20-17(25)23-16-21-11-7-10(9-5-4-6-19-8-9)13(18)12(14(11)22-16)15(24)26-2/h4-8H,3H2,1-2H3,(H3,20,21,22,23,25). The van der Waals surface area contributed by atoms with Gasteiger partial charge in [-0.15, -0.1) is 0 Å². The molecule has 2 heterocycles. The molecular formula is C17H16FN5O3. The van der Waals surface area contributed by atoms with E-state index in [2.05, 4.69) is 25.6 Å². The second-order valence-electron chi connectivity index (χ2n) is 5.31. The number of nitrogens with one attached hydrogen (secondary N) is 3. The van der Waals surface area contributed by atoms with Gasteiger partial charge in [-0.2, -0.15) is 0 Å². The van der Waals surface area contributed by atoms with Crippen LogP contribution in [0.25, 0.3) is 22.2 Å². The molecule has 134 valence electrons. The topological polar surface area (TPSA) is 109 Å². The number of rotatable bonds is 4. The number of carbonyl (C=O) groups excluding carboxylic acids is 2. The van der Waals surface area contributed by atoms with Crippen LogP contribution < -0.4 is 10.6 Å². The molecule has 0 fully saturated rings. The Hall–Kier alpha value is -3.49. The Morgan fingerprint density at radius 1 is 1.38 bits per heavy atom. The number of esters is 1. The number of pyridine rings is 1. The number of imidazole rings is 1. The number of carbonyl (C=O) groups is 2. The van der Waals surface area contributed by atoms with Gasteiger partial charge >= 0.3 is 12.0 Å². The molecular weight excluding hydrogens is 341 g/mol. The van der Waals surface area contributed by atoms with Gasteiger partial charge < -0.3 is 15.0 Å². The quantitative estimate of drug-likeness (QED) is 0.622. The van der Waals surface area contributed by atoms with Crippen molar-refractivity contribution < 1.29 is 18.7 Å². The Morgan fingerprint density at radius 3 is 2.85 bits per heavy atom. The molecule has 0 saturated heterocycles. The molecule has 0 aliphatic heterocycles. The predicted octanol–water partition coefficient (Wildman–Crippen LogP) is 2.69. The number of aromatic amines is 1. The smallest absolute Gasteiger partial charge is 0.343 e. The minimum atomic E-state index is -0.866. The fourth-order valence-electron chi connectivity index (χ4n) is 2.52. The molecule has 2 amide bonds. The lowest BCUT2D eigenvalue weighted by molar-refractivity contribution is 0.0598. The summed E-state index contributed by atoms with van der Waals surface area (Å²) in [5, 5.41) is 5.04. The first-order chi connectivity index (χ1) is 12.5. The number of methoxy groups -OCH3 is 1. The number of hydrogen-bond donors (Lipinski definition) is 3. The van der Waals surface area contributed by atoms with Crippen LogP contribution in [0.4, 0.5) is 15.1 Å². The highest BCUT2D eigenvalue weighted by molar-refractivity contribution is 6.05. The summed E-state index contributed by atoms with van der Waals surface area (Å²) in [4.78, 5) is 34.7. The number of fused-ring (bicyclic) bond motifs is 1. The van der Waals surface area contributed by atoms with Crippen molar-refractivity contribution in [1.29, 1.82) is 0 Å². The average molecular weight is 357 g/mol. The molecule has 0 aliphatic rings. The van der Waals surface area contributed by atoms with Gasteiger partial charge in [-0.25, -0.2) is 19.0 Å². The third kappa shape index (κ3) is 3.18. The number of H-pyrrole nitrogens is 1. The lowest BCUT2D eigenvalue weighted by Gasteiger charge is -2.08. The molecule has 0 aliphatic carbocycles. The van der Waals surface area contributed by atoms with E-state index in [1.54, 1.807) is 25.3 Å². The van der Waals surface area contributed by atoms with Crippen LogP contribution in [0.1, 0.15) is 17.3 Å². The summed E-state index contributed by atoms with van der Waals surface area (Å²) in [6, 6.07) is 4.36. The molecule has 3 N–H and O–H groups in total. The van der Waals surface area contributed by atoms with Gasteiger partial charge in [0, 0.05) is 30.1 Å². The van der Waals surface area contributed by atoms with E-state index in [0.29, 0.717) is 17.6 Å². The molecule has 0 radical (unpaired) electrons. The van der Waals surface area contributed by atoms with Crippen molar-refractivity contribution in [3.8, 4) is 11.1 Å². The highest BCUT2D eigenvalue weighted by Gasteiger charge is 2.24. The van der Waals surface area contributed by atoms with E-state index in [9.17, 15) is 9.59 Å². The summed E-state index contributed by atoms with van der Waals surface area (Å²) in [7, 11) is 1.16. The minimum Gasteiger partial charge on any atom is -0.465 e. The zero-order chi connectivity index (χ0) is 18.7. The maximum Gasteiger partial charge on any atom is 0.343 e. The summed E-state index contributed by atoms with van der Waals surface area (Å²) in [5.74, 6) is -1.55. The number of ether oxygens (including phenoxy) is 1. The maximum absolute atomic E-state index is 15.0. The lowest BCUT2D eigenvalue weighted by Crippen LogP contribution is -2.28. The molecule has 1 aromatic carbocycles. The van der Waals surface area contributed by atoms with Gasteiger partial charge in [-0.05, 0) is 19.1 Å². The predicted molar refractivity (Wildman–Crippen MR) is 93.3 cm³/mol. The Bertz CT molecular complexity index is 971. The monoisotopic (exact) mass is 357 g/mol. The number of urea groups is 1. The van der Waals surface area contributed by atoms with E-state index >= 15 is 4.39 Å². The second-order valence-corrected chi connectivity index (χ2v) is 5.31. The van der Waals surface area contributed by atoms with Crippen LogP contribution in [0.15, 0.2) is 30.6 Å². The summed E-state index contributed by atoms with van der Waals surface area (Å²) >= 11 is 0. The first-order valence-electron chi connectivity index (χ1n) is 7.81. The molecule has 0 atom stereocenters. The van der Waals surface area contributed by atoms with E-state index < -0.39 is 17.8 Å². The normalized spacial score (nSPS) is 10.6. The van der Waals surface area contributed by atoms with Gasteiger partial charge in [-0.3, -0.25) is 10.3 Å². The SMILES string of the molecule is CCNC(=O)Nc1nc2c(C(=O)OC)c(F)c(-c3cccnc3)cc2[nH]1. The summed E-state index contributed by atoms with van der Waals surface area (Å²) in [6.45, 7) is 2.20. The highest BCUT2D eigenvalue weighted by atomic mass is 19.1. The van der Waals surface area contributed by atoms with Crippen molar-refractivity contribution in [3.05, 3.63) is 42.0 Å². The van der Waals surface area contributed by atoms with E-state index in [4.69, 9.17) is 4.74 Å². The van der Waals surface area contributed by atoms with E-state index in [-0.39, 0.29) is 22.6 Å². The number of benzene rings is 1. The van der Waals surface area contributed by atoms with E-state index in [1.807, 2.05) is 0 Å². The molecule has 0 bridgehead atoms. The first kappa shape index (κ1) is 17.3. The third-order valence-corrected chi connectivity index (χ3v) is 3.64. The fourth-order valence-corrected chi connectivity index (χ4v) is 2.52. The molecule has 26 heavy (non-hydrogen) atoms. The Morgan fingerprint density at radius 2 is 2.19 bits per heavy atom. The molecule has 0 saturated carbocycles. The maximum atomic E-state index is 15.0. The third-order valence-electron chi connectivity index (χ3n) is 3.64. The average Bonchev–Trinajstić information content (AvgIpc) is 3.03. The van der Waals surface area contributed by atoms with E-state index in [0.717, 1.165) is 7.11 Å². The van der Waals surface area contributed by atoms with Gasteiger partial charge in [0.15, 0.2) is 0 Å². The Labute approximate surface area is 147 Å². The van der Waals surface area contributed by atoms with Gasteiger partial charge in [0.1, 0.15) is 16.9 Å². The van der Waals surface area contributed by atoms with Crippen LogP contribution in [-0.2, 0) is 4.74 Å². The number of anilines is 1. The molecule has 8 nitrogen and oxygen atoms in total. The van der Waals surface area contributed by atoms with Crippen LogP contribution >= 0.6 is 0 Å². The number of nitrogens with zero attached hydrogens (tertiary/aromatic N) is 2. The summed E-state index contributed by atoms with van der Waals surface area (Å²) < 4.78 is 19.7. The summed E-state index contributed by atoms with van der Waals surface area (Å²) in [6.07, 6.45) is 3.04. The van der Waals surface area contributed by atoms with Gasteiger partial charge in [-0.1, -0.05) is 6.07 Å². The molecule has 0 spiro atoms. The number of aromatic nitrogens is 3. The van der Waals surface area contributed by atoms with E-state index in [1.165, 1.54) is 12.3 Å². The number of hydrogen-bond acceptors (Lipinski definition) is 5. The van der Waals surface area contributed by atoms with Crippen LogP contribution in [-0.4, -0.2) is 40.6 Å². The van der Waals surface area contributed by atoms with Crippen LogP contribution in [0.2, 0.25) is 0 Å². The van der Waals surface area contributed by atoms with Gasteiger partial charge in [0.2, 0.25) is 5.95 Å². The molecule has 3 rings (SSSR count). The van der Waals surface area contributed by atoms with Crippen LogP contribution in [0, 0.1) is 5.82 Å². The van der Waals surface area contributed by atoms with Crippen molar-refractivity contribution in [1.82, 2.24) is 20.3 Å². The van der Waals surface area contributed by atoms with Crippen LogP contribution in [0.5, 0.6) is 0 Å². The second kappa shape index (κ2) is 7.18. The Kier molecular flexibility index (Phi) is 4.78. The van der Waals surface area contributed by atoms with Crippen molar-refractivity contribution in [2.45, 2.75) is 6.92 Å². The fraction of sp³-hybridized carbons (Fsp3) is 0.176. The number of amides is 2. The molecule has 2 aromatic heterocycles. The van der Waals surface area contributed by atoms with Crippen LogP contribution in [0.3, 0.4) is 0 Å². The minimum absolute atomic E-state index is 0.0637. The zero-order valence-electron chi connectivity index (χ0n) is 14.1. The lowest BCUT2D eigenvalue weighted by atomic mass is 10.0. The largest absolute Gasteiger partial charge is 0.465 e. The van der Waals surface area contributed by atoms with Gasteiger partial charge in [0.25, 0.3) is 0 Å². The number of halogens is 1. The highest BCUT2D eigenvalue weighted by Crippen LogP contribution is 2.31.